The molecule has 0 aliphatic carbocycles. The van der Waals surface area contributed by atoms with Crippen molar-refractivity contribution in [2.24, 2.45) is 4.99 Å². The molecule has 2 N–H and O–H groups in total. The summed E-state index contributed by atoms with van der Waals surface area (Å²) in [4.78, 5) is 18.3. The Morgan fingerprint density at radius 2 is 2.00 bits per heavy atom. The summed E-state index contributed by atoms with van der Waals surface area (Å²) >= 11 is 0. The molecule has 8 heteroatoms. The van der Waals surface area contributed by atoms with Crippen LogP contribution < -0.4 is 10.6 Å². The molecule has 0 saturated carbocycles. The van der Waals surface area contributed by atoms with E-state index >= 15 is 0 Å². The van der Waals surface area contributed by atoms with E-state index in [2.05, 4.69) is 34.8 Å². The number of hydrogen-bond acceptors (Lipinski definition) is 4. The van der Waals surface area contributed by atoms with Crippen molar-refractivity contribution in [1.29, 1.82) is 0 Å². The van der Waals surface area contributed by atoms with Gasteiger partial charge in [0.15, 0.2) is 5.96 Å². The van der Waals surface area contributed by atoms with Gasteiger partial charge in [-0.15, -0.1) is 0 Å². The second-order valence-corrected chi connectivity index (χ2v) is 6.92. The van der Waals surface area contributed by atoms with Crippen LogP contribution in [-0.2, 0) is 11.3 Å². The normalized spacial score (nSPS) is 15.2. The average molecular weight is 399 g/mol. The summed E-state index contributed by atoms with van der Waals surface area (Å²) in [7, 11) is 0. The number of nitrogens with zero attached hydrogens (tertiary/aromatic N) is 4. The topological polar surface area (TPSA) is 83.8 Å². The largest absolute Gasteiger partial charge is 0.450 e. The zero-order valence-corrected chi connectivity index (χ0v) is 17.2. The van der Waals surface area contributed by atoms with Crippen LogP contribution in [0.2, 0.25) is 0 Å². The highest BCUT2D eigenvalue weighted by atomic mass is 16.6. The Morgan fingerprint density at radius 3 is 2.62 bits per heavy atom. The minimum atomic E-state index is -0.218. The standard InChI is InChI=1S/C21H30N6O2/c1-3-22-20(25-18-10-14-26(15-11-18)21(28)29-4-2)23-16-17-6-8-19(9-7-17)27-13-5-12-24-27/h5-9,12-13,18H,3-4,10-11,14-16H2,1-2H3,(H2,22,23,25). The Balaban J connectivity index is 1.53. The van der Waals surface area contributed by atoms with Crippen LogP contribution in [0.1, 0.15) is 32.3 Å². The Hall–Kier alpha value is -3.03. The average Bonchev–Trinajstić information content (AvgIpc) is 3.28. The second kappa shape index (κ2) is 10.5. The number of likely N-dealkylation sites (tertiary alicyclic amines) is 1. The minimum Gasteiger partial charge on any atom is -0.450 e. The third-order valence-corrected chi connectivity index (χ3v) is 4.83. The highest BCUT2D eigenvalue weighted by Crippen LogP contribution is 2.12. The predicted octanol–water partition coefficient (Wildman–Crippen LogP) is 2.55. The number of amides is 1. The fraction of sp³-hybridized carbons (Fsp3) is 0.476. The van der Waals surface area contributed by atoms with E-state index in [9.17, 15) is 4.79 Å². The molecule has 1 aromatic carbocycles. The van der Waals surface area contributed by atoms with Crippen LogP contribution >= 0.6 is 0 Å². The number of aliphatic imine (C=N–C) groups is 1. The Kier molecular flexibility index (Phi) is 7.49. The number of rotatable bonds is 6. The number of piperidine rings is 1. The van der Waals surface area contributed by atoms with E-state index in [4.69, 9.17) is 9.73 Å². The van der Waals surface area contributed by atoms with E-state index in [-0.39, 0.29) is 6.09 Å². The molecule has 1 saturated heterocycles. The van der Waals surface area contributed by atoms with Gasteiger partial charge in [0.2, 0.25) is 0 Å². The zero-order valence-electron chi connectivity index (χ0n) is 17.2. The van der Waals surface area contributed by atoms with Crippen molar-refractivity contribution < 1.29 is 9.53 Å². The zero-order chi connectivity index (χ0) is 20.5. The fourth-order valence-corrected chi connectivity index (χ4v) is 3.28. The molecule has 2 aromatic rings. The summed E-state index contributed by atoms with van der Waals surface area (Å²) < 4.78 is 6.92. The smallest absolute Gasteiger partial charge is 0.409 e. The number of ether oxygens (including phenoxy) is 1. The Labute approximate surface area is 171 Å². The van der Waals surface area contributed by atoms with Crippen LogP contribution in [-0.4, -0.2) is 59.0 Å². The van der Waals surface area contributed by atoms with Crippen molar-refractivity contribution >= 4 is 12.1 Å². The van der Waals surface area contributed by atoms with Gasteiger partial charge in [0, 0.05) is 38.1 Å². The van der Waals surface area contributed by atoms with Gasteiger partial charge < -0.3 is 20.3 Å². The van der Waals surface area contributed by atoms with Gasteiger partial charge in [-0.05, 0) is 50.5 Å². The van der Waals surface area contributed by atoms with E-state index in [1.807, 2.05) is 36.0 Å². The van der Waals surface area contributed by atoms with Crippen molar-refractivity contribution in [3.8, 4) is 5.69 Å². The van der Waals surface area contributed by atoms with Crippen molar-refractivity contribution in [3.63, 3.8) is 0 Å². The van der Waals surface area contributed by atoms with Gasteiger partial charge in [0.25, 0.3) is 0 Å². The molecular formula is C21H30N6O2. The molecule has 0 bridgehead atoms. The quantitative estimate of drug-likeness (QED) is 0.577. The third-order valence-electron chi connectivity index (χ3n) is 4.83. The third kappa shape index (κ3) is 5.97. The molecule has 1 aliphatic rings. The molecule has 1 fully saturated rings. The molecule has 1 aliphatic heterocycles. The highest BCUT2D eigenvalue weighted by Gasteiger charge is 2.24. The maximum Gasteiger partial charge on any atom is 0.409 e. The summed E-state index contributed by atoms with van der Waals surface area (Å²) in [5, 5.41) is 11.0. The molecule has 0 spiro atoms. The van der Waals surface area contributed by atoms with E-state index in [0.29, 0.717) is 32.3 Å². The second-order valence-electron chi connectivity index (χ2n) is 6.92. The van der Waals surface area contributed by atoms with Gasteiger partial charge in [-0.25, -0.2) is 14.5 Å². The van der Waals surface area contributed by atoms with Crippen molar-refractivity contribution in [3.05, 3.63) is 48.3 Å². The number of carbonyl (C=O) groups excluding carboxylic acids is 1. The first kappa shape index (κ1) is 20.7. The number of benzene rings is 1. The molecule has 3 rings (SSSR count). The van der Waals surface area contributed by atoms with Crippen molar-refractivity contribution in [1.82, 2.24) is 25.3 Å². The van der Waals surface area contributed by atoms with Crippen LogP contribution in [0.15, 0.2) is 47.7 Å². The monoisotopic (exact) mass is 398 g/mol. The summed E-state index contributed by atoms with van der Waals surface area (Å²) in [5.74, 6) is 0.804. The maximum absolute atomic E-state index is 11.8. The molecular weight excluding hydrogens is 368 g/mol. The van der Waals surface area contributed by atoms with E-state index in [1.54, 1.807) is 11.1 Å². The molecule has 156 valence electrons. The van der Waals surface area contributed by atoms with Crippen molar-refractivity contribution in [2.45, 2.75) is 39.3 Å². The summed E-state index contributed by atoms with van der Waals surface area (Å²) in [6.07, 6.45) is 5.23. The molecule has 8 nitrogen and oxygen atoms in total. The number of guanidine groups is 1. The number of aromatic nitrogens is 2. The molecule has 0 unspecified atom stereocenters. The van der Waals surface area contributed by atoms with E-state index < -0.39 is 0 Å². The summed E-state index contributed by atoms with van der Waals surface area (Å²) in [6, 6.07) is 10.4. The highest BCUT2D eigenvalue weighted by molar-refractivity contribution is 5.80. The first-order chi connectivity index (χ1) is 14.2. The minimum absolute atomic E-state index is 0.218. The van der Waals surface area contributed by atoms with Gasteiger partial charge in [-0.3, -0.25) is 0 Å². The van der Waals surface area contributed by atoms with Crippen LogP contribution in [0.4, 0.5) is 4.79 Å². The lowest BCUT2D eigenvalue weighted by Crippen LogP contribution is -2.49. The van der Waals surface area contributed by atoms with E-state index in [0.717, 1.165) is 36.6 Å². The predicted molar refractivity (Wildman–Crippen MR) is 113 cm³/mol. The molecule has 1 aromatic heterocycles. The van der Waals surface area contributed by atoms with E-state index in [1.165, 1.54) is 0 Å². The van der Waals surface area contributed by atoms with Gasteiger partial charge in [0.05, 0.1) is 18.8 Å². The summed E-state index contributed by atoms with van der Waals surface area (Å²) in [5.41, 5.74) is 2.16. The Morgan fingerprint density at radius 1 is 1.24 bits per heavy atom. The molecule has 29 heavy (non-hydrogen) atoms. The number of nitrogens with one attached hydrogen (secondary N) is 2. The molecule has 1 amide bonds. The molecule has 0 atom stereocenters. The van der Waals surface area contributed by atoms with Gasteiger partial charge in [-0.1, -0.05) is 12.1 Å². The van der Waals surface area contributed by atoms with Gasteiger partial charge in [-0.2, -0.15) is 5.10 Å². The number of carbonyl (C=O) groups is 1. The first-order valence-corrected chi connectivity index (χ1v) is 10.2. The van der Waals surface area contributed by atoms with Crippen molar-refractivity contribution in [2.75, 3.05) is 26.2 Å². The van der Waals surface area contributed by atoms with Crippen LogP contribution in [0.25, 0.3) is 5.69 Å². The SMILES string of the molecule is CCNC(=NCc1ccc(-n2cccn2)cc1)NC1CCN(C(=O)OCC)CC1. The molecule has 2 heterocycles. The first-order valence-electron chi connectivity index (χ1n) is 10.2. The maximum atomic E-state index is 11.8. The summed E-state index contributed by atoms with van der Waals surface area (Å²) in [6.45, 7) is 7.09. The fourth-order valence-electron chi connectivity index (χ4n) is 3.28. The lowest BCUT2D eigenvalue weighted by atomic mass is 10.1. The Bertz CT molecular complexity index is 780. The van der Waals surface area contributed by atoms with Gasteiger partial charge in [0.1, 0.15) is 0 Å². The lowest BCUT2D eigenvalue weighted by molar-refractivity contribution is 0.0963. The lowest BCUT2D eigenvalue weighted by Gasteiger charge is -2.32. The van der Waals surface area contributed by atoms with Crippen LogP contribution in [0, 0.1) is 0 Å². The van der Waals surface area contributed by atoms with Gasteiger partial charge >= 0.3 is 6.09 Å². The number of hydrogen-bond donors (Lipinski definition) is 2. The van der Waals surface area contributed by atoms with Crippen LogP contribution in [0.5, 0.6) is 0 Å². The van der Waals surface area contributed by atoms with Crippen LogP contribution in [0.3, 0.4) is 0 Å². The molecule has 0 radical (unpaired) electrons.